The molecule has 2 aromatic rings. The number of rotatable bonds is 6. The molecule has 26 heavy (non-hydrogen) atoms. The van der Waals surface area contributed by atoms with Gasteiger partial charge in [0.05, 0.1) is 0 Å². The van der Waals surface area contributed by atoms with E-state index in [-0.39, 0.29) is 12.0 Å². The summed E-state index contributed by atoms with van der Waals surface area (Å²) in [6.45, 7) is 5.36. The molecule has 0 saturated carbocycles. The lowest BCUT2D eigenvalue weighted by Crippen LogP contribution is -2.46. The number of nitrogens with one attached hydrogen (secondary N) is 1. The molecule has 0 unspecified atom stereocenters. The van der Waals surface area contributed by atoms with Crippen molar-refractivity contribution < 1.29 is 12.9 Å². The molecule has 1 aromatic heterocycles. The van der Waals surface area contributed by atoms with E-state index in [2.05, 4.69) is 28.7 Å². The monoisotopic (exact) mass is 379 g/mol. The fraction of sp³-hybridized carbons (Fsp3) is 0.529. The average Bonchev–Trinajstić information content (AvgIpc) is 3.22. The molecule has 1 N–H and O–H groups in total. The van der Waals surface area contributed by atoms with Crippen LogP contribution >= 0.6 is 0 Å². The van der Waals surface area contributed by atoms with Gasteiger partial charge in [-0.05, 0) is 29.1 Å². The van der Waals surface area contributed by atoms with Crippen molar-refractivity contribution in [1.82, 2.24) is 19.2 Å². The van der Waals surface area contributed by atoms with Crippen molar-refractivity contribution in [1.29, 1.82) is 0 Å². The van der Waals surface area contributed by atoms with Crippen molar-refractivity contribution in [2.24, 2.45) is 11.8 Å². The molecule has 3 rings (SSSR count). The highest BCUT2D eigenvalue weighted by molar-refractivity contribution is 7.87. The van der Waals surface area contributed by atoms with Crippen LogP contribution in [0.5, 0.6) is 0 Å². The van der Waals surface area contributed by atoms with Crippen LogP contribution in [0.25, 0.3) is 11.5 Å². The molecule has 1 fully saturated rings. The van der Waals surface area contributed by atoms with Crippen molar-refractivity contribution in [3.05, 3.63) is 30.3 Å². The van der Waals surface area contributed by atoms with E-state index in [1.54, 1.807) is 0 Å². The van der Waals surface area contributed by atoms with Crippen molar-refractivity contribution in [2.75, 3.05) is 32.1 Å². The summed E-state index contributed by atoms with van der Waals surface area (Å²) in [5.74, 6) is 1.42. The summed E-state index contributed by atoms with van der Waals surface area (Å²) in [6.07, 6.45) is 0. The number of hydrogen-bond donors (Lipinski definition) is 1. The van der Waals surface area contributed by atoms with Crippen LogP contribution in [-0.4, -0.2) is 56.1 Å². The summed E-state index contributed by atoms with van der Waals surface area (Å²) in [4.78, 5) is 6.46. The first kappa shape index (κ1) is 18.8. The number of nitrogens with zero attached hydrogens (tertiary/aromatic N) is 4. The van der Waals surface area contributed by atoms with Gasteiger partial charge in [0.1, 0.15) is 0 Å². The van der Waals surface area contributed by atoms with E-state index in [1.807, 2.05) is 35.2 Å². The summed E-state index contributed by atoms with van der Waals surface area (Å²) < 4.78 is 33.8. The van der Waals surface area contributed by atoms with Crippen molar-refractivity contribution in [3.8, 4) is 11.5 Å². The van der Waals surface area contributed by atoms with Crippen LogP contribution in [-0.2, 0) is 10.2 Å². The van der Waals surface area contributed by atoms with Crippen molar-refractivity contribution in [2.45, 2.75) is 19.9 Å². The van der Waals surface area contributed by atoms with Gasteiger partial charge in [-0.2, -0.15) is 22.4 Å². The third-order valence-electron chi connectivity index (χ3n) is 4.72. The minimum Gasteiger partial charge on any atom is -0.336 e. The maximum absolute atomic E-state index is 12.2. The molecule has 9 heteroatoms. The van der Waals surface area contributed by atoms with E-state index in [0.29, 0.717) is 30.8 Å². The molecule has 1 aliphatic rings. The zero-order valence-electron chi connectivity index (χ0n) is 15.5. The van der Waals surface area contributed by atoms with E-state index in [4.69, 9.17) is 4.52 Å². The van der Waals surface area contributed by atoms with E-state index in [0.717, 1.165) is 5.56 Å². The molecule has 2 atom stereocenters. The molecule has 0 bridgehead atoms. The summed E-state index contributed by atoms with van der Waals surface area (Å²) in [5.41, 5.74) is 0.857. The molecule has 0 amide bonds. The zero-order valence-corrected chi connectivity index (χ0v) is 16.3. The first-order chi connectivity index (χ1) is 12.3. The molecule has 142 valence electrons. The lowest BCUT2D eigenvalue weighted by atomic mass is 9.92. The van der Waals surface area contributed by atoms with Crippen molar-refractivity contribution >= 4 is 16.2 Å². The standard InChI is InChI=1S/C17H25N5O3S/c1-12(2)14-10-22(11-15(14)20-26(23,24)21(3)4)17-18-16(25-19-17)13-8-6-5-7-9-13/h5-9,12,14-15,20H,10-11H2,1-4H3/t14-,15+/m0/s1. The van der Waals surface area contributed by atoms with Gasteiger partial charge in [-0.25, -0.2) is 0 Å². The molecular weight excluding hydrogens is 354 g/mol. The fourth-order valence-corrected chi connectivity index (χ4v) is 3.97. The molecule has 0 radical (unpaired) electrons. The van der Waals surface area contributed by atoms with Crippen LogP contribution in [0.15, 0.2) is 34.9 Å². The van der Waals surface area contributed by atoms with Gasteiger partial charge in [-0.3, -0.25) is 0 Å². The minimum atomic E-state index is -3.50. The Kier molecular flexibility index (Phi) is 5.31. The highest BCUT2D eigenvalue weighted by Crippen LogP contribution is 2.29. The van der Waals surface area contributed by atoms with E-state index >= 15 is 0 Å². The Morgan fingerprint density at radius 3 is 2.54 bits per heavy atom. The second kappa shape index (κ2) is 7.34. The maximum Gasteiger partial charge on any atom is 0.279 e. The number of hydrogen-bond acceptors (Lipinski definition) is 6. The van der Waals surface area contributed by atoms with Crippen LogP contribution in [0.4, 0.5) is 5.95 Å². The quantitative estimate of drug-likeness (QED) is 0.820. The van der Waals surface area contributed by atoms with Gasteiger partial charge in [0, 0.05) is 38.8 Å². The predicted molar refractivity (Wildman–Crippen MR) is 99.8 cm³/mol. The summed E-state index contributed by atoms with van der Waals surface area (Å²) in [5, 5.41) is 4.09. The van der Waals surface area contributed by atoms with Crippen LogP contribution in [0.2, 0.25) is 0 Å². The van der Waals surface area contributed by atoms with Gasteiger partial charge in [0.25, 0.3) is 22.0 Å². The third-order valence-corrected chi connectivity index (χ3v) is 6.28. The van der Waals surface area contributed by atoms with E-state index in [1.165, 1.54) is 18.4 Å². The van der Waals surface area contributed by atoms with E-state index in [9.17, 15) is 8.42 Å². The van der Waals surface area contributed by atoms with Gasteiger partial charge in [0.2, 0.25) is 0 Å². The molecular formula is C17H25N5O3S. The van der Waals surface area contributed by atoms with E-state index < -0.39 is 10.2 Å². The first-order valence-corrected chi connectivity index (χ1v) is 10.1. The zero-order chi connectivity index (χ0) is 18.9. The summed E-state index contributed by atoms with van der Waals surface area (Å²) in [7, 11) is -0.462. The topological polar surface area (TPSA) is 91.6 Å². The Balaban J connectivity index is 1.79. The second-order valence-electron chi connectivity index (χ2n) is 7.09. The first-order valence-electron chi connectivity index (χ1n) is 8.62. The number of benzene rings is 1. The van der Waals surface area contributed by atoms with Gasteiger partial charge in [-0.1, -0.05) is 32.0 Å². The van der Waals surface area contributed by atoms with Gasteiger partial charge >= 0.3 is 0 Å². The average molecular weight is 379 g/mol. The summed E-state index contributed by atoms with van der Waals surface area (Å²) >= 11 is 0. The molecule has 0 spiro atoms. The molecule has 1 aliphatic heterocycles. The highest BCUT2D eigenvalue weighted by Gasteiger charge is 2.39. The second-order valence-corrected chi connectivity index (χ2v) is 9.01. The Morgan fingerprint density at radius 1 is 1.23 bits per heavy atom. The van der Waals surface area contributed by atoms with Crippen LogP contribution < -0.4 is 9.62 Å². The molecule has 1 aromatic carbocycles. The molecule has 1 saturated heterocycles. The fourth-order valence-electron chi connectivity index (χ4n) is 3.13. The Bertz CT molecular complexity index is 835. The molecule has 2 heterocycles. The summed E-state index contributed by atoms with van der Waals surface area (Å²) in [6, 6.07) is 9.36. The Hall–Kier alpha value is -1.97. The largest absolute Gasteiger partial charge is 0.336 e. The lowest BCUT2D eigenvalue weighted by Gasteiger charge is -2.24. The highest BCUT2D eigenvalue weighted by atomic mass is 32.2. The van der Waals surface area contributed by atoms with Gasteiger partial charge in [-0.15, -0.1) is 0 Å². The van der Waals surface area contributed by atoms with Crippen LogP contribution in [0.3, 0.4) is 0 Å². The number of aromatic nitrogens is 2. The Morgan fingerprint density at radius 2 is 1.92 bits per heavy atom. The number of anilines is 1. The Labute approximate surface area is 154 Å². The van der Waals surface area contributed by atoms with Crippen molar-refractivity contribution in [3.63, 3.8) is 0 Å². The minimum absolute atomic E-state index is 0.156. The van der Waals surface area contributed by atoms with Crippen LogP contribution in [0, 0.1) is 11.8 Å². The van der Waals surface area contributed by atoms with Crippen LogP contribution in [0.1, 0.15) is 13.8 Å². The molecule has 0 aliphatic carbocycles. The predicted octanol–water partition coefficient (Wildman–Crippen LogP) is 1.59. The normalized spacial score (nSPS) is 21.1. The molecule has 8 nitrogen and oxygen atoms in total. The maximum atomic E-state index is 12.2. The third kappa shape index (κ3) is 3.89. The smallest absolute Gasteiger partial charge is 0.279 e. The SMILES string of the molecule is CC(C)[C@@H]1CN(c2noc(-c3ccccc3)n2)C[C@H]1NS(=O)(=O)N(C)C. The van der Waals surface area contributed by atoms with Gasteiger partial charge < -0.3 is 9.42 Å². The lowest BCUT2D eigenvalue weighted by molar-refractivity contribution is 0.358. The van der Waals surface area contributed by atoms with Gasteiger partial charge in [0.15, 0.2) is 0 Å².